The first-order valence-corrected chi connectivity index (χ1v) is 10.7. The zero-order valence-corrected chi connectivity index (χ0v) is 16.3. The van der Waals surface area contributed by atoms with E-state index in [-0.39, 0.29) is 0 Å². The minimum atomic E-state index is 0.670. The summed E-state index contributed by atoms with van der Waals surface area (Å²) in [5.74, 6) is 2.90. The predicted octanol–water partition coefficient (Wildman–Crippen LogP) is 7.52. The fourth-order valence-electron chi connectivity index (χ4n) is 5.61. The maximum atomic E-state index is 2.55. The molecular formula is C24H38. The number of benzene rings is 1. The Bertz CT molecular complexity index is 481. The SMILES string of the molecule is CCCC1(C)CCC(C2CCC(c3ccc(CC)cc3)CC2)CC1. The highest BCUT2D eigenvalue weighted by Gasteiger charge is 2.35. The molecule has 0 unspecified atom stereocenters. The summed E-state index contributed by atoms with van der Waals surface area (Å²) in [4.78, 5) is 0. The number of aryl methyl sites for hydroxylation is 1. The second-order valence-electron chi connectivity index (χ2n) is 9.10. The summed E-state index contributed by atoms with van der Waals surface area (Å²) in [5, 5.41) is 0. The molecule has 1 aromatic carbocycles. The maximum absolute atomic E-state index is 2.55. The van der Waals surface area contributed by atoms with Crippen LogP contribution in [0, 0.1) is 17.3 Å². The summed E-state index contributed by atoms with van der Waals surface area (Å²) in [5.41, 5.74) is 3.75. The van der Waals surface area contributed by atoms with Gasteiger partial charge in [0, 0.05) is 0 Å². The van der Waals surface area contributed by atoms with Crippen LogP contribution in [-0.4, -0.2) is 0 Å². The first-order chi connectivity index (χ1) is 11.6. The molecule has 2 saturated carbocycles. The zero-order chi connectivity index (χ0) is 17.0. The Morgan fingerprint density at radius 2 is 1.42 bits per heavy atom. The third-order valence-corrected chi connectivity index (χ3v) is 7.39. The van der Waals surface area contributed by atoms with E-state index in [0.29, 0.717) is 5.41 Å². The van der Waals surface area contributed by atoms with Crippen molar-refractivity contribution in [1.29, 1.82) is 0 Å². The summed E-state index contributed by atoms with van der Waals surface area (Å²) in [6.45, 7) is 7.14. The molecule has 0 aromatic heterocycles. The first kappa shape index (κ1) is 18.0. The largest absolute Gasteiger partial charge is 0.0654 e. The van der Waals surface area contributed by atoms with Gasteiger partial charge in [-0.05, 0) is 98.5 Å². The van der Waals surface area contributed by atoms with Gasteiger partial charge in [0.15, 0.2) is 0 Å². The first-order valence-electron chi connectivity index (χ1n) is 10.7. The normalized spacial score (nSPS) is 34.2. The van der Waals surface area contributed by atoms with Gasteiger partial charge in [0.05, 0.1) is 0 Å². The minimum Gasteiger partial charge on any atom is -0.0654 e. The van der Waals surface area contributed by atoms with Gasteiger partial charge in [-0.25, -0.2) is 0 Å². The van der Waals surface area contributed by atoms with E-state index in [4.69, 9.17) is 0 Å². The molecule has 24 heavy (non-hydrogen) atoms. The van der Waals surface area contributed by atoms with Crippen LogP contribution in [-0.2, 0) is 6.42 Å². The second kappa shape index (κ2) is 8.07. The average Bonchev–Trinajstić information content (AvgIpc) is 2.63. The van der Waals surface area contributed by atoms with E-state index in [1.165, 1.54) is 69.8 Å². The molecule has 2 aliphatic rings. The van der Waals surface area contributed by atoms with Crippen molar-refractivity contribution in [3.05, 3.63) is 35.4 Å². The summed E-state index contributed by atoms with van der Waals surface area (Å²) in [6, 6.07) is 9.50. The molecule has 0 aliphatic heterocycles. The number of hydrogen-bond donors (Lipinski definition) is 0. The highest BCUT2D eigenvalue weighted by Crippen LogP contribution is 2.48. The molecule has 0 nitrogen and oxygen atoms in total. The molecule has 2 aliphatic carbocycles. The van der Waals surface area contributed by atoms with E-state index in [0.717, 1.165) is 24.2 Å². The Labute approximate surface area is 150 Å². The molecule has 0 heterocycles. The maximum Gasteiger partial charge on any atom is -0.0162 e. The molecule has 0 atom stereocenters. The Morgan fingerprint density at radius 3 is 1.96 bits per heavy atom. The highest BCUT2D eigenvalue weighted by atomic mass is 14.4. The lowest BCUT2D eigenvalue weighted by molar-refractivity contribution is 0.104. The van der Waals surface area contributed by atoms with Gasteiger partial charge in [-0.15, -0.1) is 0 Å². The molecule has 1 aromatic rings. The smallest absolute Gasteiger partial charge is 0.0162 e. The van der Waals surface area contributed by atoms with E-state index in [1.54, 1.807) is 5.56 Å². The van der Waals surface area contributed by atoms with Gasteiger partial charge in [-0.1, -0.05) is 51.5 Å². The van der Waals surface area contributed by atoms with E-state index in [1.807, 2.05) is 0 Å². The summed E-state index contributed by atoms with van der Waals surface area (Å²) in [6.07, 6.45) is 15.8. The van der Waals surface area contributed by atoms with Gasteiger partial charge >= 0.3 is 0 Å². The van der Waals surface area contributed by atoms with Crippen LogP contribution < -0.4 is 0 Å². The van der Waals surface area contributed by atoms with Crippen LogP contribution in [0.25, 0.3) is 0 Å². The molecule has 0 saturated heterocycles. The van der Waals surface area contributed by atoms with Crippen molar-refractivity contribution in [2.75, 3.05) is 0 Å². The molecule has 0 radical (unpaired) electrons. The quantitative estimate of drug-likeness (QED) is 0.525. The molecule has 0 bridgehead atoms. The molecular weight excluding hydrogens is 288 g/mol. The summed E-state index contributed by atoms with van der Waals surface area (Å²) >= 11 is 0. The monoisotopic (exact) mass is 326 g/mol. The van der Waals surface area contributed by atoms with Crippen molar-refractivity contribution in [3.63, 3.8) is 0 Å². The molecule has 2 fully saturated rings. The van der Waals surface area contributed by atoms with Crippen LogP contribution in [0.15, 0.2) is 24.3 Å². The van der Waals surface area contributed by atoms with Crippen LogP contribution in [0.1, 0.15) is 102 Å². The third-order valence-electron chi connectivity index (χ3n) is 7.39. The number of hydrogen-bond acceptors (Lipinski definition) is 0. The summed E-state index contributed by atoms with van der Waals surface area (Å²) in [7, 11) is 0. The van der Waals surface area contributed by atoms with Crippen molar-refractivity contribution < 1.29 is 0 Å². The minimum absolute atomic E-state index is 0.670. The number of rotatable bonds is 5. The molecule has 0 amide bonds. The second-order valence-corrected chi connectivity index (χ2v) is 9.10. The van der Waals surface area contributed by atoms with Crippen molar-refractivity contribution in [2.24, 2.45) is 17.3 Å². The third kappa shape index (κ3) is 4.24. The fourth-order valence-corrected chi connectivity index (χ4v) is 5.61. The van der Waals surface area contributed by atoms with Gasteiger partial charge < -0.3 is 0 Å². The Morgan fingerprint density at radius 1 is 0.833 bits per heavy atom. The van der Waals surface area contributed by atoms with Crippen molar-refractivity contribution in [3.8, 4) is 0 Å². The van der Waals surface area contributed by atoms with E-state index < -0.39 is 0 Å². The fraction of sp³-hybridized carbons (Fsp3) is 0.750. The molecule has 3 rings (SSSR count). The van der Waals surface area contributed by atoms with Gasteiger partial charge in [0.25, 0.3) is 0 Å². The van der Waals surface area contributed by atoms with Gasteiger partial charge in [-0.2, -0.15) is 0 Å². The lowest BCUT2D eigenvalue weighted by atomic mass is 9.63. The van der Waals surface area contributed by atoms with Gasteiger partial charge in [0.1, 0.15) is 0 Å². The standard InChI is InChI=1S/C24H38/c1-4-16-24(3)17-14-23(15-18-24)22-12-10-21(11-13-22)20-8-6-19(5-2)7-9-20/h6-9,21-23H,4-5,10-18H2,1-3H3. The highest BCUT2D eigenvalue weighted by molar-refractivity contribution is 5.25. The lowest BCUT2D eigenvalue weighted by Gasteiger charge is -2.42. The van der Waals surface area contributed by atoms with E-state index in [2.05, 4.69) is 45.0 Å². The topological polar surface area (TPSA) is 0 Å². The molecule has 0 heteroatoms. The van der Waals surface area contributed by atoms with E-state index >= 15 is 0 Å². The van der Waals surface area contributed by atoms with E-state index in [9.17, 15) is 0 Å². The van der Waals surface area contributed by atoms with Crippen LogP contribution in [0.3, 0.4) is 0 Å². The van der Waals surface area contributed by atoms with Gasteiger partial charge in [0.2, 0.25) is 0 Å². The Balaban J connectivity index is 1.48. The van der Waals surface area contributed by atoms with Gasteiger partial charge in [-0.3, -0.25) is 0 Å². The van der Waals surface area contributed by atoms with Crippen LogP contribution >= 0.6 is 0 Å². The Hall–Kier alpha value is -0.780. The van der Waals surface area contributed by atoms with Crippen LogP contribution in [0.5, 0.6) is 0 Å². The lowest BCUT2D eigenvalue weighted by Crippen LogP contribution is -2.29. The molecule has 0 N–H and O–H groups in total. The average molecular weight is 327 g/mol. The van der Waals surface area contributed by atoms with Crippen LogP contribution in [0.2, 0.25) is 0 Å². The van der Waals surface area contributed by atoms with Crippen molar-refractivity contribution >= 4 is 0 Å². The zero-order valence-electron chi connectivity index (χ0n) is 16.3. The predicted molar refractivity (Wildman–Crippen MR) is 105 cm³/mol. The van der Waals surface area contributed by atoms with Crippen LogP contribution in [0.4, 0.5) is 0 Å². The van der Waals surface area contributed by atoms with Crippen molar-refractivity contribution in [1.82, 2.24) is 0 Å². The molecule has 134 valence electrons. The Kier molecular flexibility index (Phi) is 6.06. The summed E-state index contributed by atoms with van der Waals surface area (Å²) < 4.78 is 0. The van der Waals surface area contributed by atoms with Crippen molar-refractivity contribution in [2.45, 2.75) is 97.3 Å². The molecule has 0 spiro atoms.